The van der Waals surface area contributed by atoms with Gasteiger partial charge in [-0.1, -0.05) is 48.3 Å². The van der Waals surface area contributed by atoms with Crippen LogP contribution in [-0.4, -0.2) is 11.0 Å². The van der Waals surface area contributed by atoms with Gasteiger partial charge in [-0.05, 0) is 42.2 Å². The first kappa shape index (κ1) is 21.6. The fraction of sp³-hybridized carbons (Fsp3) is 0.316. The van der Waals surface area contributed by atoms with Gasteiger partial charge in [0.05, 0.1) is 21.8 Å². The Bertz CT molecular complexity index is 905. The molecule has 2 aromatic carbocycles. The van der Waals surface area contributed by atoms with Crippen molar-refractivity contribution in [1.29, 1.82) is 0 Å². The molecule has 1 amide bonds. The number of aromatic hydroxyl groups is 1. The standard InChI is InChI=1S/C19H18BrClF3NO2/c1-9-12(20)8-11(18(2,3)4)16(26)15(9)17(27)25-14-7-10(19(22,23)24)5-6-13(14)21/h5-8,26H,1-4H3,(H,25,27). The van der Waals surface area contributed by atoms with Crippen LogP contribution in [0, 0.1) is 6.92 Å². The molecule has 146 valence electrons. The summed E-state index contributed by atoms with van der Waals surface area (Å²) in [6.45, 7) is 7.23. The number of alkyl halides is 3. The van der Waals surface area contributed by atoms with Gasteiger partial charge in [-0.25, -0.2) is 0 Å². The molecule has 2 rings (SSSR count). The molecule has 0 atom stereocenters. The SMILES string of the molecule is Cc1c(Br)cc(C(C)(C)C)c(O)c1C(=O)Nc1cc(C(F)(F)F)ccc1Cl. The Morgan fingerprint density at radius 3 is 2.30 bits per heavy atom. The maximum absolute atomic E-state index is 12.9. The van der Waals surface area contributed by atoms with Crippen molar-refractivity contribution in [2.24, 2.45) is 0 Å². The zero-order chi connectivity index (χ0) is 20.7. The third-order valence-corrected chi connectivity index (χ3v) is 5.23. The molecular formula is C19H18BrClF3NO2. The molecule has 0 aliphatic rings. The molecule has 27 heavy (non-hydrogen) atoms. The van der Waals surface area contributed by atoms with E-state index in [9.17, 15) is 23.1 Å². The van der Waals surface area contributed by atoms with Crippen LogP contribution in [0.2, 0.25) is 5.02 Å². The van der Waals surface area contributed by atoms with Crippen LogP contribution in [0.4, 0.5) is 18.9 Å². The average molecular weight is 465 g/mol. The van der Waals surface area contributed by atoms with Crippen LogP contribution in [0.1, 0.15) is 47.8 Å². The molecule has 0 fully saturated rings. The third-order valence-electron chi connectivity index (χ3n) is 4.07. The van der Waals surface area contributed by atoms with E-state index >= 15 is 0 Å². The smallest absolute Gasteiger partial charge is 0.416 e. The highest BCUT2D eigenvalue weighted by Gasteiger charge is 2.32. The highest BCUT2D eigenvalue weighted by Crippen LogP contribution is 2.39. The maximum atomic E-state index is 12.9. The molecule has 0 aromatic heterocycles. The van der Waals surface area contributed by atoms with Crippen LogP contribution in [0.3, 0.4) is 0 Å². The van der Waals surface area contributed by atoms with Crippen molar-refractivity contribution in [1.82, 2.24) is 0 Å². The highest BCUT2D eigenvalue weighted by molar-refractivity contribution is 9.10. The van der Waals surface area contributed by atoms with Gasteiger partial charge in [-0.3, -0.25) is 4.79 Å². The fourth-order valence-electron chi connectivity index (χ4n) is 2.57. The number of phenols is 1. The predicted octanol–water partition coefficient (Wildman–Crippen LogP) is 6.69. The summed E-state index contributed by atoms with van der Waals surface area (Å²) in [5, 5.41) is 13.0. The second-order valence-corrected chi connectivity index (χ2v) is 8.41. The molecule has 8 heteroatoms. The molecule has 3 nitrogen and oxygen atoms in total. The van der Waals surface area contributed by atoms with Crippen LogP contribution in [-0.2, 0) is 11.6 Å². The topological polar surface area (TPSA) is 49.3 Å². The summed E-state index contributed by atoms with van der Waals surface area (Å²) < 4.78 is 39.4. The van der Waals surface area contributed by atoms with Crippen LogP contribution in [0.15, 0.2) is 28.7 Å². The van der Waals surface area contributed by atoms with Crippen LogP contribution in [0.5, 0.6) is 5.75 Å². The molecule has 0 heterocycles. The van der Waals surface area contributed by atoms with E-state index in [4.69, 9.17) is 11.6 Å². The second-order valence-electron chi connectivity index (χ2n) is 7.15. The number of anilines is 1. The van der Waals surface area contributed by atoms with Gasteiger partial charge < -0.3 is 10.4 Å². The highest BCUT2D eigenvalue weighted by atomic mass is 79.9. The number of halogens is 5. The van der Waals surface area contributed by atoms with E-state index in [0.29, 0.717) is 15.6 Å². The van der Waals surface area contributed by atoms with E-state index in [1.54, 1.807) is 13.0 Å². The predicted molar refractivity (Wildman–Crippen MR) is 104 cm³/mol. The minimum absolute atomic E-state index is 0.0252. The Labute approximate surface area is 168 Å². The van der Waals surface area contributed by atoms with Gasteiger partial charge in [0, 0.05) is 10.0 Å². The maximum Gasteiger partial charge on any atom is 0.416 e. The Kier molecular flexibility index (Phi) is 5.88. The summed E-state index contributed by atoms with van der Waals surface area (Å²) in [4.78, 5) is 12.8. The fourth-order valence-corrected chi connectivity index (χ4v) is 3.16. The number of carbonyl (C=O) groups is 1. The molecule has 0 radical (unpaired) electrons. The van der Waals surface area contributed by atoms with Crippen LogP contribution in [0.25, 0.3) is 0 Å². The molecule has 0 aliphatic heterocycles. The van der Waals surface area contributed by atoms with E-state index in [-0.39, 0.29) is 22.0 Å². The van der Waals surface area contributed by atoms with Crippen molar-refractivity contribution in [3.8, 4) is 5.75 Å². The van der Waals surface area contributed by atoms with Gasteiger partial charge in [0.15, 0.2) is 0 Å². The van der Waals surface area contributed by atoms with Crippen molar-refractivity contribution >= 4 is 39.1 Å². The van der Waals surface area contributed by atoms with Crippen molar-refractivity contribution in [3.63, 3.8) is 0 Å². The first-order valence-corrected chi connectivity index (χ1v) is 9.11. The van der Waals surface area contributed by atoms with Gasteiger partial charge in [0.2, 0.25) is 0 Å². The van der Waals surface area contributed by atoms with Gasteiger partial charge in [-0.2, -0.15) is 13.2 Å². The number of nitrogens with one attached hydrogen (secondary N) is 1. The molecule has 0 aliphatic carbocycles. The minimum atomic E-state index is -4.57. The van der Waals surface area contributed by atoms with E-state index in [2.05, 4.69) is 21.2 Å². The van der Waals surface area contributed by atoms with Gasteiger partial charge in [-0.15, -0.1) is 0 Å². The lowest BCUT2D eigenvalue weighted by atomic mass is 9.84. The lowest BCUT2D eigenvalue weighted by Gasteiger charge is -2.24. The first-order valence-electron chi connectivity index (χ1n) is 7.94. The summed E-state index contributed by atoms with van der Waals surface area (Å²) in [6.07, 6.45) is -4.57. The second kappa shape index (κ2) is 7.36. The Morgan fingerprint density at radius 1 is 1.19 bits per heavy atom. The molecule has 0 saturated heterocycles. The monoisotopic (exact) mass is 463 g/mol. The van der Waals surface area contributed by atoms with E-state index in [0.717, 1.165) is 18.2 Å². The molecular weight excluding hydrogens is 447 g/mol. The Morgan fingerprint density at radius 2 is 1.78 bits per heavy atom. The zero-order valence-electron chi connectivity index (χ0n) is 15.1. The summed E-state index contributed by atoms with van der Waals surface area (Å²) in [7, 11) is 0. The van der Waals surface area contributed by atoms with Crippen LogP contribution < -0.4 is 5.32 Å². The number of hydrogen-bond acceptors (Lipinski definition) is 2. The number of rotatable bonds is 2. The quantitative estimate of drug-likeness (QED) is 0.520. The van der Waals surface area contributed by atoms with E-state index < -0.39 is 23.1 Å². The third kappa shape index (κ3) is 4.58. The molecule has 2 aromatic rings. The molecule has 0 saturated carbocycles. The Balaban J connectivity index is 2.53. The summed E-state index contributed by atoms with van der Waals surface area (Å²) in [5.74, 6) is -0.971. The number of benzene rings is 2. The first-order chi connectivity index (χ1) is 12.2. The van der Waals surface area contributed by atoms with Crippen molar-refractivity contribution in [3.05, 3.63) is 56.0 Å². The van der Waals surface area contributed by atoms with Gasteiger partial charge >= 0.3 is 6.18 Å². The molecule has 0 bridgehead atoms. The summed E-state index contributed by atoms with van der Waals surface area (Å²) in [6, 6.07) is 4.37. The van der Waals surface area contributed by atoms with Crippen molar-refractivity contribution in [2.75, 3.05) is 5.32 Å². The lowest BCUT2D eigenvalue weighted by Crippen LogP contribution is -2.19. The van der Waals surface area contributed by atoms with Gasteiger partial charge in [0.1, 0.15) is 5.75 Å². The molecule has 0 spiro atoms. The van der Waals surface area contributed by atoms with E-state index in [1.807, 2.05) is 20.8 Å². The van der Waals surface area contributed by atoms with E-state index in [1.165, 1.54) is 0 Å². The normalized spacial score (nSPS) is 12.2. The number of carbonyl (C=O) groups excluding carboxylic acids is 1. The summed E-state index contributed by atoms with van der Waals surface area (Å²) in [5.41, 5.74) is -0.618. The van der Waals surface area contributed by atoms with Crippen molar-refractivity contribution < 1.29 is 23.1 Å². The molecule has 0 unspecified atom stereocenters. The number of hydrogen-bond donors (Lipinski definition) is 2. The summed E-state index contributed by atoms with van der Waals surface area (Å²) >= 11 is 9.30. The number of phenolic OH excluding ortho intramolecular Hbond substituents is 1. The number of amides is 1. The van der Waals surface area contributed by atoms with Gasteiger partial charge in [0.25, 0.3) is 5.91 Å². The van der Waals surface area contributed by atoms with Crippen LogP contribution >= 0.6 is 27.5 Å². The molecule has 2 N–H and O–H groups in total. The minimum Gasteiger partial charge on any atom is -0.507 e. The Hall–Kier alpha value is -1.73. The van der Waals surface area contributed by atoms with Crippen molar-refractivity contribution in [2.45, 2.75) is 39.3 Å². The average Bonchev–Trinajstić information content (AvgIpc) is 2.51. The zero-order valence-corrected chi connectivity index (χ0v) is 17.4. The lowest BCUT2D eigenvalue weighted by molar-refractivity contribution is -0.137. The largest absolute Gasteiger partial charge is 0.507 e.